The molecule has 4 rings (SSSR count). The maximum Gasteiger partial charge on any atom is 0.265 e. The van der Waals surface area contributed by atoms with Gasteiger partial charge in [0.2, 0.25) is 5.91 Å². The van der Waals surface area contributed by atoms with E-state index in [1.807, 2.05) is 19.1 Å². The first-order chi connectivity index (χ1) is 14.6. The monoisotopic (exact) mass is 409 g/mol. The van der Waals surface area contributed by atoms with Gasteiger partial charge in [-0.3, -0.25) is 19.8 Å². The van der Waals surface area contributed by atoms with Crippen molar-refractivity contribution >= 4 is 23.4 Å². The van der Waals surface area contributed by atoms with Crippen molar-refractivity contribution in [3.8, 4) is 11.5 Å². The van der Waals surface area contributed by atoms with Gasteiger partial charge in [0, 0.05) is 12.0 Å². The van der Waals surface area contributed by atoms with Crippen LogP contribution in [0.25, 0.3) is 0 Å². The highest BCUT2D eigenvalue weighted by Gasteiger charge is 2.39. The molecule has 2 aliphatic heterocycles. The number of carbonyl (C=O) groups excluding carboxylic acids is 3. The molecule has 3 amide bonds. The third-order valence-electron chi connectivity index (χ3n) is 5.12. The Balaban J connectivity index is 1.40. The maximum atomic E-state index is 12.7. The van der Waals surface area contributed by atoms with Gasteiger partial charge in [-0.2, -0.15) is 0 Å². The standard InChI is InChI=1S/C22H23N3O5/c1-2-14-4-7-16(8-5-14)25-20(26)13-17(22(25)28)23-24-21(27)15-6-9-18-19(12-15)30-11-3-10-29-18/h4-9,12,17,23H,2-3,10-11,13H2,1H3,(H,24,27). The molecule has 0 saturated carbocycles. The number of amides is 3. The van der Waals surface area contributed by atoms with E-state index in [0.29, 0.717) is 36.0 Å². The number of hydrogen-bond acceptors (Lipinski definition) is 6. The van der Waals surface area contributed by atoms with Crippen LogP contribution < -0.4 is 25.2 Å². The van der Waals surface area contributed by atoms with Gasteiger partial charge in [-0.15, -0.1) is 0 Å². The van der Waals surface area contributed by atoms with Gasteiger partial charge in [0.25, 0.3) is 11.8 Å². The van der Waals surface area contributed by atoms with Crippen molar-refractivity contribution in [3.63, 3.8) is 0 Å². The fraction of sp³-hybridized carbons (Fsp3) is 0.318. The highest BCUT2D eigenvalue weighted by Crippen LogP contribution is 2.30. The summed E-state index contributed by atoms with van der Waals surface area (Å²) >= 11 is 0. The number of imide groups is 1. The smallest absolute Gasteiger partial charge is 0.265 e. The number of anilines is 1. The van der Waals surface area contributed by atoms with Crippen LogP contribution in [0.4, 0.5) is 5.69 Å². The van der Waals surface area contributed by atoms with E-state index in [1.165, 1.54) is 0 Å². The van der Waals surface area contributed by atoms with Crippen molar-refractivity contribution in [2.45, 2.75) is 32.2 Å². The minimum Gasteiger partial charge on any atom is -0.490 e. The first-order valence-corrected chi connectivity index (χ1v) is 9.98. The summed E-state index contributed by atoms with van der Waals surface area (Å²) in [5, 5.41) is 0. The number of carbonyl (C=O) groups is 3. The minimum atomic E-state index is -0.826. The number of hydrogen-bond donors (Lipinski definition) is 2. The normalized spacial score (nSPS) is 18.3. The summed E-state index contributed by atoms with van der Waals surface area (Å²) in [6, 6.07) is 11.4. The first-order valence-electron chi connectivity index (χ1n) is 9.98. The Bertz CT molecular complexity index is 973. The third-order valence-corrected chi connectivity index (χ3v) is 5.12. The Labute approximate surface area is 174 Å². The van der Waals surface area contributed by atoms with Gasteiger partial charge in [0.15, 0.2) is 11.5 Å². The Morgan fingerprint density at radius 3 is 2.53 bits per heavy atom. The quantitative estimate of drug-likeness (QED) is 0.579. The van der Waals surface area contributed by atoms with E-state index in [2.05, 4.69) is 10.9 Å². The lowest BCUT2D eigenvalue weighted by atomic mass is 10.1. The third kappa shape index (κ3) is 3.99. The van der Waals surface area contributed by atoms with Crippen LogP contribution >= 0.6 is 0 Å². The molecule has 1 saturated heterocycles. The van der Waals surface area contributed by atoms with Gasteiger partial charge in [0.05, 0.1) is 25.3 Å². The van der Waals surface area contributed by atoms with Crippen LogP contribution in [-0.2, 0) is 16.0 Å². The minimum absolute atomic E-state index is 0.0320. The lowest BCUT2D eigenvalue weighted by Crippen LogP contribution is -2.48. The molecule has 1 atom stereocenters. The molecule has 0 aromatic heterocycles. The summed E-state index contributed by atoms with van der Waals surface area (Å²) in [7, 11) is 0. The summed E-state index contributed by atoms with van der Waals surface area (Å²) in [5.74, 6) is -0.0429. The average Bonchev–Trinajstić information content (AvgIpc) is 2.92. The van der Waals surface area contributed by atoms with E-state index in [1.54, 1.807) is 30.3 Å². The number of benzene rings is 2. The van der Waals surface area contributed by atoms with Crippen molar-refractivity contribution in [2.24, 2.45) is 0 Å². The van der Waals surface area contributed by atoms with Crippen molar-refractivity contribution in [1.29, 1.82) is 0 Å². The lowest BCUT2D eigenvalue weighted by Gasteiger charge is -2.16. The molecule has 0 bridgehead atoms. The molecule has 2 heterocycles. The Hall–Kier alpha value is -3.39. The van der Waals surface area contributed by atoms with E-state index in [4.69, 9.17) is 9.47 Å². The predicted molar refractivity (Wildman–Crippen MR) is 109 cm³/mol. The molecule has 2 aromatic carbocycles. The average molecular weight is 409 g/mol. The van der Waals surface area contributed by atoms with E-state index in [-0.39, 0.29) is 12.3 Å². The molecule has 0 aliphatic carbocycles. The number of fused-ring (bicyclic) bond motifs is 1. The van der Waals surface area contributed by atoms with Crippen molar-refractivity contribution < 1.29 is 23.9 Å². The number of nitrogens with one attached hydrogen (secondary N) is 2. The van der Waals surface area contributed by atoms with Crippen molar-refractivity contribution in [3.05, 3.63) is 53.6 Å². The van der Waals surface area contributed by atoms with E-state index >= 15 is 0 Å². The molecule has 2 aromatic rings. The molecular formula is C22H23N3O5. The number of ether oxygens (including phenoxy) is 2. The Kier molecular flexibility index (Phi) is 5.67. The zero-order valence-corrected chi connectivity index (χ0v) is 16.6. The SMILES string of the molecule is CCc1ccc(N2C(=O)CC(NNC(=O)c3ccc4c(c3)OCCCO4)C2=O)cc1. The van der Waals surface area contributed by atoms with Crippen LogP contribution in [-0.4, -0.2) is 37.0 Å². The van der Waals surface area contributed by atoms with E-state index < -0.39 is 17.9 Å². The molecule has 2 aliphatic rings. The van der Waals surface area contributed by atoms with Gasteiger partial charge < -0.3 is 9.47 Å². The number of nitrogens with zero attached hydrogens (tertiary/aromatic N) is 1. The van der Waals surface area contributed by atoms with Gasteiger partial charge in [-0.1, -0.05) is 19.1 Å². The van der Waals surface area contributed by atoms with Gasteiger partial charge in [-0.05, 0) is 42.3 Å². The molecule has 0 spiro atoms. The summed E-state index contributed by atoms with van der Waals surface area (Å²) in [6.07, 6.45) is 1.61. The molecule has 1 unspecified atom stereocenters. The van der Waals surface area contributed by atoms with Crippen LogP contribution in [0.1, 0.15) is 35.7 Å². The van der Waals surface area contributed by atoms with Crippen LogP contribution in [0.3, 0.4) is 0 Å². The molecule has 8 heteroatoms. The number of rotatable bonds is 5. The summed E-state index contributed by atoms with van der Waals surface area (Å²) in [6.45, 7) is 3.12. The summed E-state index contributed by atoms with van der Waals surface area (Å²) in [4.78, 5) is 38.7. The second-order valence-electron chi connectivity index (χ2n) is 7.15. The van der Waals surface area contributed by atoms with Crippen LogP contribution in [0.15, 0.2) is 42.5 Å². The molecule has 156 valence electrons. The fourth-order valence-corrected chi connectivity index (χ4v) is 3.43. The number of hydrazine groups is 1. The van der Waals surface area contributed by atoms with Crippen molar-refractivity contribution in [1.82, 2.24) is 10.9 Å². The summed E-state index contributed by atoms with van der Waals surface area (Å²) in [5.41, 5.74) is 7.22. The fourth-order valence-electron chi connectivity index (χ4n) is 3.43. The highest BCUT2D eigenvalue weighted by atomic mass is 16.5. The maximum absolute atomic E-state index is 12.7. The molecule has 2 N–H and O–H groups in total. The van der Waals surface area contributed by atoms with Gasteiger partial charge in [-0.25, -0.2) is 10.3 Å². The second kappa shape index (κ2) is 8.54. The summed E-state index contributed by atoms with van der Waals surface area (Å²) < 4.78 is 11.2. The highest BCUT2D eigenvalue weighted by molar-refractivity contribution is 6.22. The van der Waals surface area contributed by atoms with Crippen LogP contribution in [0.2, 0.25) is 0 Å². The molecule has 30 heavy (non-hydrogen) atoms. The predicted octanol–water partition coefficient (Wildman–Crippen LogP) is 1.98. The second-order valence-corrected chi connectivity index (χ2v) is 7.15. The van der Waals surface area contributed by atoms with E-state index in [0.717, 1.165) is 23.3 Å². The topological polar surface area (TPSA) is 97.0 Å². The Morgan fingerprint density at radius 2 is 1.80 bits per heavy atom. The zero-order chi connectivity index (χ0) is 21.1. The number of aryl methyl sites for hydroxylation is 1. The largest absolute Gasteiger partial charge is 0.490 e. The molecule has 1 fully saturated rings. The van der Waals surface area contributed by atoms with Crippen molar-refractivity contribution in [2.75, 3.05) is 18.1 Å². The van der Waals surface area contributed by atoms with Gasteiger partial charge >= 0.3 is 0 Å². The molecule has 8 nitrogen and oxygen atoms in total. The van der Waals surface area contributed by atoms with E-state index in [9.17, 15) is 14.4 Å². The zero-order valence-electron chi connectivity index (χ0n) is 16.6. The lowest BCUT2D eigenvalue weighted by molar-refractivity contribution is -0.121. The van der Waals surface area contributed by atoms with Gasteiger partial charge in [0.1, 0.15) is 6.04 Å². The van der Waals surface area contributed by atoms with Crippen LogP contribution in [0, 0.1) is 0 Å². The molecular weight excluding hydrogens is 386 g/mol. The molecule has 0 radical (unpaired) electrons. The van der Waals surface area contributed by atoms with Crippen LogP contribution in [0.5, 0.6) is 11.5 Å². The first kappa shape index (κ1) is 19.9. The Morgan fingerprint density at radius 1 is 1.07 bits per heavy atom.